The van der Waals surface area contributed by atoms with Gasteiger partial charge in [-0.1, -0.05) is 19.1 Å². The number of carbonyl (C=O) groups is 2. The number of aromatic nitrogens is 2. The summed E-state index contributed by atoms with van der Waals surface area (Å²) in [5.74, 6) is -0.247. The maximum absolute atomic E-state index is 12.7. The second-order valence-electron chi connectivity index (χ2n) is 7.75. The van der Waals surface area contributed by atoms with E-state index in [9.17, 15) is 19.8 Å². The number of nitrogens with two attached hydrogens (primary N) is 1. The van der Waals surface area contributed by atoms with E-state index in [4.69, 9.17) is 5.73 Å². The van der Waals surface area contributed by atoms with Crippen molar-refractivity contribution in [2.45, 2.75) is 31.2 Å². The first-order valence-electron chi connectivity index (χ1n) is 10.1. The Morgan fingerprint density at radius 2 is 2.03 bits per heavy atom. The van der Waals surface area contributed by atoms with Crippen molar-refractivity contribution in [3.63, 3.8) is 0 Å². The molecule has 3 atom stereocenters. The number of thiophene rings is 1. The summed E-state index contributed by atoms with van der Waals surface area (Å²) < 4.78 is 0. The summed E-state index contributed by atoms with van der Waals surface area (Å²) in [5.41, 5.74) is 7.35. The summed E-state index contributed by atoms with van der Waals surface area (Å²) >= 11 is 1.34. The molecular weight excluding hydrogens is 430 g/mol. The predicted octanol–water partition coefficient (Wildman–Crippen LogP) is 2.56. The van der Waals surface area contributed by atoms with Gasteiger partial charge in [-0.25, -0.2) is 9.78 Å². The van der Waals surface area contributed by atoms with E-state index in [1.54, 1.807) is 24.4 Å². The Morgan fingerprint density at radius 1 is 1.28 bits per heavy atom. The van der Waals surface area contributed by atoms with Gasteiger partial charge in [0.05, 0.1) is 4.88 Å². The van der Waals surface area contributed by atoms with E-state index in [1.165, 1.54) is 23.5 Å². The Bertz CT molecular complexity index is 1150. The number of phenols is 1. The van der Waals surface area contributed by atoms with Gasteiger partial charge in [0.2, 0.25) is 5.95 Å². The van der Waals surface area contributed by atoms with Crippen molar-refractivity contribution in [1.82, 2.24) is 15.3 Å². The molecule has 1 aromatic carbocycles. The first-order valence-corrected chi connectivity index (χ1v) is 10.9. The van der Waals surface area contributed by atoms with Crippen molar-refractivity contribution in [3.8, 4) is 5.75 Å². The fraction of sp³-hybridized carbons (Fsp3) is 0.273. The molecule has 4 rings (SSSR count). The summed E-state index contributed by atoms with van der Waals surface area (Å²) in [6.45, 7) is 2.78. The van der Waals surface area contributed by atoms with Gasteiger partial charge >= 0.3 is 5.97 Å². The van der Waals surface area contributed by atoms with Gasteiger partial charge in [0.15, 0.2) is 0 Å². The molecule has 1 aliphatic rings. The first-order chi connectivity index (χ1) is 15.3. The first kappa shape index (κ1) is 21.6. The Balaban J connectivity index is 1.45. The molecule has 0 fully saturated rings. The fourth-order valence-electron chi connectivity index (χ4n) is 3.80. The molecule has 0 spiro atoms. The van der Waals surface area contributed by atoms with Gasteiger partial charge in [0.1, 0.15) is 17.6 Å². The van der Waals surface area contributed by atoms with Gasteiger partial charge in [0, 0.05) is 35.5 Å². The number of carbonyl (C=O) groups excluding carboxylic acids is 1. The average molecular weight is 454 g/mol. The van der Waals surface area contributed by atoms with Crippen LogP contribution in [0.1, 0.15) is 44.4 Å². The SMILES string of the molecule is CC(c1ccc(C(=O)N[C@@H](Cc2ccc(O)cc2)C(=O)O)s1)C1CNc2nc(N)ncc21. The Labute approximate surface area is 188 Å². The predicted molar refractivity (Wildman–Crippen MR) is 121 cm³/mol. The maximum atomic E-state index is 12.7. The van der Waals surface area contributed by atoms with Crippen LogP contribution in [-0.4, -0.2) is 44.6 Å². The lowest BCUT2D eigenvalue weighted by Gasteiger charge is -2.17. The summed E-state index contributed by atoms with van der Waals surface area (Å²) in [4.78, 5) is 34.2. The van der Waals surface area contributed by atoms with Crippen LogP contribution < -0.4 is 16.4 Å². The average Bonchev–Trinajstić information content (AvgIpc) is 3.41. The molecule has 1 amide bonds. The molecule has 6 N–H and O–H groups in total. The highest BCUT2D eigenvalue weighted by Gasteiger charge is 2.31. The van der Waals surface area contributed by atoms with Gasteiger partial charge in [-0.2, -0.15) is 4.98 Å². The number of carboxylic acids is 1. The minimum absolute atomic E-state index is 0.0972. The van der Waals surface area contributed by atoms with E-state index in [2.05, 4.69) is 27.5 Å². The standard InChI is InChI=1S/C22H23N5O4S/c1-11(14-9-24-19-15(14)10-25-22(23)27-19)17-6-7-18(32-17)20(29)26-16(21(30)31)8-12-2-4-13(28)5-3-12/h2-7,10-11,14,16,28H,8-9H2,1H3,(H,26,29)(H,30,31)(H3,23,24,25,27)/t11?,14?,16-/m0/s1. The number of benzene rings is 1. The smallest absolute Gasteiger partial charge is 0.326 e. The van der Waals surface area contributed by atoms with Crippen molar-refractivity contribution in [2.24, 2.45) is 0 Å². The number of nitrogens with zero attached hydrogens (tertiary/aromatic N) is 2. The lowest BCUT2D eigenvalue weighted by Crippen LogP contribution is -2.42. The molecule has 1 aliphatic heterocycles. The fourth-order valence-corrected chi connectivity index (χ4v) is 4.82. The third-order valence-corrected chi connectivity index (χ3v) is 6.89. The van der Waals surface area contributed by atoms with E-state index in [-0.39, 0.29) is 30.0 Å². The number of phenolic OH excluding ortho intramolecular Hbond substituents is 1. The molecule has 0 saturated heterocycles. The lowest BCUT2D eigenvalue weighted by molar-refractivity contribution is -0.139. The number of hydrogen-bond acceptors (Lipinski definition) is 8. The van der Waals surface area contributed by atoms with Crippen LogP contribution in [0.3, 0.4) is 0 Å². The molecule has 0 bridgehead atoms. The second-order valence-corrected chi connectivity index (χ2v) is 8.86. The summed E-state index contributed by atoms with van der Waals surface area (Å²) in [5, 5.41) is 24.8. The van der Waals surface area contributed by atoms with Crippen molar-refractivity contribution in [2.75, 3.05) is 17.6 Å². The molecule has 166 valence electrons. The third kappa shape index (κ3) is 4.50. The molecule has 0 saturated carbocycles. The highest BCUT2D eigenvalue weighted by molar-refractivity contribution is 7.14. The number of fused-ring (bicyclic) bond motifs is 1. The highest BCUT2D eigenvalue weighted by atomic mass is 32.1. The van der Waals surface area contributed by atoms with E-state index < -0.39 is 17.9 Å². The van der Waals surface area contributed by atoms with Crippen molar-refractivity contribution >= 4 is 35.0 Å². The Hall–Kier alpha value is -3.66. The molecule has 2 aromatic heterocycles. The zero-order chi connectivity index (χ0) is 22.8. The van der Waals surface area contributed by atoms with E-state index in [0.717, 1.165) is 16.3 Å². The number of aromatic hydroxyl groups is 1. The van der Waals surface area contributed by atoms with Crippen LogP contribution in [-0.2, 0) is 11.2 Å². The van der Waals surface area contributed by atoms with Crippen LogP contribution >= 0.6 is 11.3 Å². The molecule has 2 unspecified atom stereocenters. The molecule has 9 nitrogen and oxygen atoms in total. The molecule has 10 heteroatoms. The summed E-state index contributed by atoms with van der Waals surface area (Å²) in [6.07, 6.45) is 1.85. The number of nitrogen functional groups attached to an aromatic ring is 1. The van der Waals surface area contributed by atoms with Crippen LogP contribution in [0.4, 0.5) is 11.8 Å². The highest BCUT2D eigenvalue weighted by Crippen LogP contribution is 2.41. The number of hydrogen-bond donors (Lipinski definition) is 5. The maximum Gasteiger partial charge on any atom is 0.326 e. The van der Waals surface area contributed by atoms with Gasteiger partial charge in [-0.05, 0) is 35.7 Å². The van der Waals surface area contributed by atoms with Gasteiger partial charge in [-0.3, -0.25) is 4.79 Å². The third-order valence-electron chi connectivity index (χ3n) is 5.61. The van der Waals surface area contributed by atoms with Crippen molar-refractivity contribution in [1.29, 1.82) is 0 Å². The molecule has 0 radical (unpaired) electrons. The van der Waals surface area contributed by atoms with Crippen molar-refractivity contribution < 1.29 is 19.8 Å². The van der Waals surface area contributed by atoms with E-state index in [1.807, 2.05) is 6.07 Å². The van der Waals surface area contributed by atoms with Gasteiger partial charge < -0.3 is 26.6 Å². The number of aliphatic carboxylic acids is 1. The van der Waals surface area contributed by atoms with Gasteiger partial charge in [-0.15, -0.1) is 11.3 Å². The zero-order valence-corrected chi connectivity index (χ0v) is 18.1. The summed E-state index contributed by atoms with van der Waals surface area (Å²) in [7, 11) is 0. The van der Waals surface area contributed by atoms with Crippen LogP contribution in [0, 0.1) is 0 Å². The van der Waals surface area contributed by atoms with E-state index in [0.29, 0.717) is 17.0 Å². The monoisotopic (exact) mass is 453 g/mol. The molecule has 32 heavy (non-hydrogen) atoms. The Kier molecular flexibility index (Phi) is 5.95. The largest absolute Gasteiger partial charge is 0.508 e. The van der Waals surface area contributed by atoms with Crippen LogP contribution in [0.5, 0.6) is 5.75 Å². The molecule has 3 aromatic rings. The van der Waals surface area contributed by atoms with Crippen LogP contribution in [0.15, 0.2) is 42.6 Å². The lowest BCUT2D eigenvalue weighted by atomic mass is 9.89. The van der Waals surface area contributed by atoms with Crippen molar-refractivity contribution in [3.05, 3.63) is 63.5 Å². The van der Waals surface area contributed by atoms with Crippen LogP contribution in [0.2, 0.25) is 0 Å². The van der Waals surface area contributed by atoms with E-state index >= 15 is 0 Å². The molecule has 0 aliphatic carbocycles. The quantitative estimate of drug-likeness (QED) is 0.366. The second kappa shape index (κ2) is 8.83. The normalized spacial score (nSPS) is 16.6. The number of nitrogens with one attached hydrogen (secondary N) is 2. The molecular formula is C22H23N5O4S. The minimum Gasteiger partial charge on any atom is -0.508 e. The summed E-state index contributed by atoms with van der Waals surface area (Å²) in [6, 6.07) is 8.77. The topological polar surface area (TPSA) is 150 Å². The number of carboxylic acid groups (broad SMARTS) is 1. The van der Waals surface area contributed by atoms with Crippen LogP contribution in [0.25, 0.3) is 0 Å². The van der Waals surface area contributed by atoms with Gasteiger partial charge in [0.25, 0.3) is 5.91 Å². The number of rotatable bonds is 7. The Morgan fingerprint density at radius 3 is 2.75 bits per heavy atom. The zero-order valence-electron chi connectivity index (χ0n) is 17.3. The minimum atomic E-state index is -1.12. The number of amides is 1. The number of anilines is 2. The molecule has 3 heterocycles.